The van der Waals surface area contributed by atoms with Crippen molar-refractivity contribution in [2.45, 2.75) is 43.9 Å². The van der Waals surface area contributed by atoms with E-state index in [4.69, 9.17) is 0 Å². The molecule has 1 aromatic carbocycles. The highest BCUT2D eigenvalue weighted by Gasteiger charge is 2.18. The molecule has 0 aliphatic rings. The van der Waals surface area contributed by atoms with E-state index in [2.05, 4.69) is 17.2 Å². The van der Waals surface area contributed by atoms with Gasteiger partial charge in [-0.25, -0.2) is 13.1 Å². The second kappa shape index (κ2) is 10.6. The number of sulfonamides is 1. The van der Waals surface area contributed by atoms with Gasteiger partial charge in [0.25, 0.3) is 15.9 Å². The maximum Gasteiger partial charge on any atom is 0.266 e. The van der Waals surface area contributed by atoms with Crippen LogP contribution in [0.3, 0.4) is 0 Å². The topological polar surface area (TPSA) is 105 Å². The molecule has 0 saturated heterocycles. The smallest absolute Gasteiger partial charge is 0.266 e. The molecule has 0 atom stereocenters. The molecule has 1 heterocycles. The molecule has 0 saturated carbocycles. The van der Waals surface area contributed by atoms with Gasteiger partial charge in [-0.2, -0.15) is 0 Å². The fourth-order valence-corrected chi connectivity index (χ4v) is 3.52. The minimum atomic E-state index is -3.97. The average molecular weight is 404 g/mol. The molecule has 28 heavy (non-hydrogen) atoms. The summed E-state index contributed by atoms with van der Waals surface area (Å²) in [5.74, 6) is -0.700. The third-order valence-corrected chi connectivity index (χ3v) is 5.47. The first-order valence-electron chi connectivity index (χ1n) is 9.25. The summed E-state index contributed by atoms with van der Waals surface area (Å²) in [6, 6.07) is 9.27. The van der Waals surface area contributed by atoms with Gasteiger partial charge in [0.1, 0.15) is 0 Å². The van der Waals surface area contributed by atoms with E-state index in [1.54, 1.807) is 18.2 Å². The van der Waals surface area contributed by atoms with Crippen molar-refractivity contribution in [2.75, 3.05) is 6.54 Å². The molecule has 7 nitrogen and oxygen atoms in total. The zero-order chi connectivity index (χ0) is 20.4. The number of hydrogen-bond acceptors (Lipinski definition) is 5. The van der Waals surface area contributed by atoms with Crippen molar-refractivity contribution in [3.63, 3.8) is 0 Å². The van der Waals surface area contributed by atoms with Gasteiger partial charge in [-0.05, 0) is 42.7 Å². The predicted molar refractivity (Wildman–Crippen MR) is 106 cm³/mol. The van der Waals surface area contributed by atoms with Crippen molar-refractivity contribution in [3.8, 4) is 0 Å². The van der Waals surface area contributed by atoms with Gasteiger partial charge in [0.2, 0.25) is 5.91 Å². The first-order valence-corrected chi connectivity index (χ1v) is 10.7. The van der Waals surface area contributed by atoms with E-state index in [1.807, 2.05) is 4.72 Å². The first kappa shape index (κ1) is 21.6. The molecule has 0 radical (unpaired) electrons. The van der Waals surface area contributed by atoms with Crippen LogP contribution in [0.15, 0.2) is 53.7 Å². The largest absolute Gasteiger partial charge is 0.356 e. The molecule has 0 aliphatic heterocycles. The second-order valence-corrected chi connectivity index (χ2v) is 8.06. The molecular weight excluding hydrogens is 378 g/mol. The molecule has 2 N–H and O–H groups in total. The van der Waals surface area contributed by atoms with Crippen molar-refractivity contribution in [1.29, 1.82) is 0 Å². The van der Waals surface area contributed by atoms with Crippen LogP contribution >= 0.6 is 0 Å². The van der Waals surface area contributed by atoms with Crippen molar-refractivity contribution in [2.24, 2.45) is 0 Å². The SMILES string of the molecule is CCCCCC(=O)NCCc1ccc(S(=O)(=O)NC(=O)c2cccnc2)cc1. The van der Waals surface area contributed by atoms with Crippen LogP contribution < -0.4 is 10.0 Å². The first-order chi connectivity index (χ1) is 13.4. The van der Waals surface area contributed by atoms with E-state index < -0.39 is 15.9 Å². The summed E-state index contributed by atoms with van der Waals surface area (Å²) < 4.78 is 26.7. The zero-order valence-corrected chi connectivity index (χ0v) is 16.7. The third kappa shape index (κ3) is 6.77. The lowest BCUT2D eigenvalue weighted by atomic mass is 10.1. The van der Waals surface area contributed by atoms with Crippen LogP contribution in [0, 0.1) is 0 Å². The molecule has 0 bridgehead atoms. The quantitative estimate of drug-likeness (QED) is 0.593. The van der Waals surface area contributed by atoms with Crippen LogP contribution in [-0.4, -0.2) is 31.8 Å². The van der Waals surface area contributed by atoms with Crippen LogP contribution in [0.2, 0.25) is 0 Å². The van der Waals surface area contributed by atoms with Crippen molar-refractivity contribution >= 4 is 21.8 Å². The number of carbonyl (C=O) groups excluding carboxylic acids is 2. The Morgan fingerprint density at radius 2 is 1.82 bits per heavy atom. The number of aromatic nitrogens is 1. The van der Waals surface area contributed by atoms with E-state index in [0.717, 1.165) is 24.8 Å². The third-order valence-electron chi connectivity index (χ3n) is 4.13. The standard InChI is InChI=1S/C20H25N3O4S/c1-2-3-4-7-19(24)22-14-12-16-8-10-18(11-9-16)28(26,27)23-20(25)17-6-5-13-21-15-17/h5-6,8-11,13,15H,2-4,7,12,14H2,1H3,(H,22,24)(H,23,25). The molecule has 0 spiro atoms. The van der Waals surface area contributed by atoms with Crippen LogP contribution in [0.25, 0.3) is 0 Å². The van der Waals surface area contributed by atoms with Crippen molar-refractivity contribution in [3.05, 3.63) is 59.9 Å². The lowest BCUT2D eigenvalue weighted by Crippen LogP contribution is -2.30. The average Bonchev–Trinajstić information content (AvgIpc) is 2.69. The predicted octanol–water partition coefficient (Wildman–Crippen LogP) is 2.44. The van der Waals surface area contributed by atoms with Crippen LogP contribution in [-0.2, 0) is 21.2 Å². The molecule has 0 unspecified atom stereocenters. The minimum absolute atomic E-state index is 0.00269. The lowest BCUT2D eigenvalue weighted by molar-refractivity contribution is -0.121. The molecule has 2 amide bonds. The number of rotatable bonds is 10. The number of benzene rings is 1. The summed E-state index contributed by atoms with van der Waals surface area (Å²) in [6.07, 6.45) is 6.93. The van der Waals surface area contributed by atoms with Gasteiger partial charge < -0.3 is 5.32 Å². The summed E-state index contributed by atoms with van der Waals surface area (Å²) in [6.45, 7) is 2.58. The Labute approximate surface area is 165 Å². The van der Waals surface area contributed by atoms with E-state index in [-0.39, 0.29) is 16.4 Å². The van der Waals surface area contributed by atoms with Gasteiger partial charge in [0, 0.05) is 25.4 Å². The normalized spacial score (nSPS) is 11.0. The molecule has 0 fully saturated rings. The zero-order valence-electron chi connectivity index (χ0n) is 15.8. The van der Waals surface area contributed by atoms with E-state index in [0.29, 0.717) is 19.4 Å². The fraction of sp³-hybridized carbons (Fsp3) is 0.350. The highest BCUT2D eigenvalue weighted by atomic mass is 32.2. The van der Waals surface area contributed by atoms with Gasteiger partial charge in [-0.1, -0.05) is 31.9 Å². The second-order valence-electron chi connectivity index (χ2n) is 6.38. The number of amides is 2. The highest BCUT2D eigenvalue weighted by molar-refractivity contribution is 7.90. The van der Waals surface area contributed by atoms with Crippen LogP contribution in [0.4, 0.5) is 0 Å². The maximum absolute atomic E-state index is 12.3. The Kier molecular flexibility index (Phi) is 8.13. The number of nitrogens with one attached hydrogen (secondary N) is 2. The van der Waals surface area contributed by atoms with E-state index in [9.17, 15) is 18.0 Å². The van der Waals surface area contributed by atoms with Crippen molar-refractivity contribution in [1.82, 2.24) is 15.0 Å². The van der Waals surface area contributed by atoms with Gasteiger partial charge in [0.15, 0.2) is 0 Å². The summed E-state index contributed by atoms with van der Waals surface area (Å²) in [7, 11) is -3.97. The van der Waals surface area contributed by atoms with E-state index >= 15 is 0 Å². The summed E-state index contributed by atoms with van der Waals surface area (Å²) in [4.78, 5) is 27.5. The number of carbonyl (C=O) groups is 2. The van der Waals surface area contributed by atoms with E-state index in [1.165, 1.54) is 30.6 Å². The van der Waals surface area contributed by atoms with Gasteiger partial charge in [-0.3, -0.25) is 14.6 Å². The van der Waals surface area contributed by atoms with Gasteiger partial charge in [0.05, 0.1) is 10.5 Å². The number of hydrogen-bond donors (Lipinski definition) is 2. The minimum Gasteiger partial charge on any atom is -0.356 e. The number of nitrogens with zero attached hydrogens (tertiary/aromatic N) is 1. The summed E-state index contributed by atoms with van der Waals surface area (Å²) in [5.41, 5.74) is 1.06. The van der Waals surface area contributed by atoms with Crippen molar-refractivity contribution < 1.29 is 18.0 Å². The van der Waals surface area contributed by atoms with Gasteiger partial charge >= 0.3 is 0 Å². The molecule has 8 heteroatoms. The molecule has 2 aromatic rings. The number of pyridine rings is 1. The Morgan fingerprint density at radius 1 is 1.07 bits per heavy atom. The molecule has 1 aromatic heterocycles. The molecule has 2 rings (SSSR count). The summed E-state index contributed by atoms with van der Waals surface area (Å²) >= 11 is 0. The van der Waals surface area contributed by atoms with Crippen LogP contribution in [0.1, 0.15) is 48.5 Å². The Bertz CT molecular complexity index is 881. The Morgan fingerprint density at radius 3 is 2.46 bits per heavy atom. The Hall–Kier alpha value is -2.74. The monoisotopic (exact) mass is 403 g/mol. The summed E-state index contributed by atoms with van der Waals surface area (Å²) in [5, 5.41) is 2.86. The number of unbranched alkanes of at least 4 members (excludes halogenated alkanes) is 2. The Balaban J connectivity index is 1.87. The van der Waals surface area contributed by atoms with Gasteiger partial charge in [-0.15, -0.1) is 0 Å². The molecular formula is C20H25N3O4S. The van der Waals surface area contributed by atoms with Crippen LogP contribution in [0.5, 0.6) is 0 Å². The highest BCUT2D eigenvalue weighted by Crippen LogP contribution is 2.12. The fourth-order valence-electron chi connectivity index (χ4n) is 2.54. The maximum atomic E-state index is 12.3. The lowest BCUT2D eigenvalue weighted by Gasteiger charge is -2.08. The molecule has 150 valence electrons. The molecule has 0 aliphatic carbocycles.